The van der Waals surface area contributed by atoms with Gasteiger partial charge in [-0.3, -0.25) is 14.2 Å². The monoisotopic (exact) mass is 593 g/mol. The number of rotatable bonds is 5. The molecule has 0 spiro atoms. The number of para-hydroxylation sites is 1. The maximum Gasteiger partial charge on any atom is 0.271 e. The fraction of sp³-hybridized carbons (Fsp3) is 0.132. The molecule has 44 heavy (non-hydrogen) atoms. The van der Waals surface area contributed by atoms with Crippen LogP contribution in [0.2, 0.25) is 0 Å². The van der Waals surface area contributed by atoms with Gasteiger partial charge in [0.15, 0.2) is 4.80 Å². The third-order valence-corrected chi connectivity index (χ3v) is 9.29. The summed E-state index contributed by atoms with van der Waals surface area (Å²) in [6.45, 7) is 6.15. The summed E-state index contributed by atoms with van der Waals surface area (Å²) in [5, 5.41) is 7.42. The van der Waals surface area contributed by atoms with Crippen LogP contribution in [0.25, 0.3) is 27.6 Å². The molecule has 6 heteroatoms. The van der Waals surface area contributed by atoms with Crippen LogP contribution >= 0.6 is 11.3 Å². The Balaban J connectivity index is 1.44. The first-order chi connectivity index (χ1) is 21.4. The van der Waals surface area contributed by atoms with Gasteiger partial charge in [-0.2, -0.15) is 0 Å². The van der Waals surface area contributed by atoms with Crippen molar-refractivity contribution >= 4 is 50.6 Å². The second kappa shape index (κ2) is 11.2. The molecular formula is C38H31N3O2S. The number of anilines is 1. The van der Waals surface area contributed by atoms with Gasteiger partial charge >= 0.3 is 0 Å². The summed E-state index contributed by atoms with van der Waals surface area (Å²) in [5.41, 5.74) is 4.64. The zero-order chi connectivity index (χ0) is 30.4. The molecule has 7 rings (SSSR count). The van der Waals surface area contributed by atoms with Gasteiger partial charge in [0.1, 0.15) is 0 Å². The molecule has 1 amide bonds. The predicted molar refractivity (Wildman–Crippen MR) is 181 cm³/mol. The van der Waals surface area contributed by atoms with Gasteiger partial charge in [-0.15, -0.1) is 0 Å². The van der Waals surface area contributed by atoms with E-state index in [9.17, 15) is 9.59 Å². The van der Waals surface area contributed by atoms with Crippen LogP contribution < -0.4 is 20.2 Å². The van der Waals surface area contributed by atoms with E-state index < -0.39 is 6.04 Å². The Morgan fingerprint density at radius 2 is 1.48 bits per heavy atom. The van der Waals surface area contributed by atoms with Crippen molar-refractivity contribution in [3.8, 4) is 0 Å². The van der Waals surface area contributed by atoms with E-state index in [1.54, 1.807) is 4.57 Å². The first kappa shape index (κ1) is 27.7. The van der Waals surface area contributed by atoms with Crippen LogP contribution in [0.5, 0.6) is 0 Å². The van der Waals surface area contributed by atoms with E-state index in [1.807, 2.05) is 79.7 Å². The van der Waals surface area contributed by atoms with Crippen LogP contribution in [-0.4, -0.2) is 10.5 Å². The third kappa shape index (κ3) is 4.87. The number of carbonyl (C=O) groups is 1. The van der Waals surface area contributed by atoms with Gasteiger partial charge < -0.3 is 5.32 Å². The van der Waals surface area contributed by atoms with Crippen LogP contribution in [-0.2, 0) is 4.79 Å². The van der Waals surface area contributed by atoms with Crippen molar-refractivity contribution in [3.63, 3.8) is 0 Å². The van der Waals surface area contributed by atoms with E-state index in [0.29, 0.717) is 32.2 Å². The van der Waals surface area contributed by atoms with Gasteiger partial charge in [0, 0.05) is 5.69 Å². The average molecular weight is 594 g/mol. The molecule has 1 atom stereocenters. The Bertz CT molecular complexity index is 2220. The van der Waals surface area contributed by atoms with Gasteiger partial charge in [-0.25, -0.2) is 4.99 Å². The summed E-state index contributed by atoms with van der Waals surface area (Å²) in [7, 11) is 0. The van der Waals surface area contributed by atoms with Gasteiger partial charge in [0.05, 0.1) is 21.8 Å². The second-order valence-electron chi connectivity index (χ2n) is 11.5. The molecular weight excluding hydrogens is 563 g/mol. The highest BCUT2D eigenvalue weighted by atomic mass is 32.1. The van der Waals surface area contributed by atoms with E-state index in [-0.39, 0.29) is 11.5 Å². The number of amides is 1. The van der Waals surface area contributed by atoms with Crippen molar-refractivity contribution in [3.05, 3.63) is 157 Å². The van der Waals surface area contributed by atoms with Crippen molar-refractivity contribution < 1.29 is 4.79 Å². The SMILES string of the molecule is CC1=C(C(=O)Nc2ccccc2)C(c2ccc(C(C)C)cc2)n2c(s/c(=C\c3c4ccccc4cc4ccccc34)c2=O)=N1. The summed E-state index contributed by atoms with van der Waals surface area (Å²) in [6, 6.07) is 35.7. The van der Waals surface area contributed by atoms with Crippen molar-refractivity contribution in [2.45, 2.75) is 32.7 Å². The highest BCUT2D eigenvalue weighted by Gasteiger charge is 2.32. The van der Waals surface area contributed by atoms with E-state index in [0.717, 1.165) is 32.7 Å². The Kier molecular flexibility index (Phi) is 7.07. The maximum absolute atomic E-state index is 14.4. The number of aromatic nitrogens is 1. The lowest BCUT2D eigenvalue weighted by atomic mass is 9.93. The van der Waals surface area contributed by atoms with Crippen molar-refractivity contribution in [2.24, 2.45) is 4.99 Å². The molecule has 6 aromatic rings. The number of hydrogen-bond acceptors (Lipinski definition) is 4. The highest BCUT2D eigenvalue weighted by Crippen LogP contribution is 2.32. The molecule has 2 heterocycles. The number of thiazole rings is 1. The fourth-order valence-electron chi connectivity index (χ4n) is 6.05. The smallest absolute Gasteiger partial charge is 0.271 e. The second-order valence-corrected chi connectivity index (χ2v) is 12.5. The molecule has 0 saturated heterocycles. The van der Waals surface area contributed by atoms with Crippen LogP contribution in [0.15, 0.2) is 130 Å². The Hall–Kier alpha value is -5.07. The quantitative estimate of drug-likeness (QED) is 0.213. The van der Waals surface area contributed by atoms with Gasteiger partial charge in [-0.1, -0.05) is 116 Å². The molecule has 1 unspecified atom stereocenters. The molecule has 1 N–H and O–H groups in total. The lowest BCUT2D eigenvalue weighted by molar-refractivity contribution is -0.113. The predicted octanol–water partition coefficient (Wildman–Crippen LogP) is 7.30. The minimum Gasteiger partial charge on any atom is -0.322 e. The average Bonchev–Trinajstić information content (AvgIpc) is 3.34. The molecule has 0 saturated carbocycles. The summed E-state index contributed by atoms with van der Waals surface area (Å²) in [5.74, 6) is 0.0874. The number of allylic oxidation sites excluding steroid dienone is 1. The van der Waals surface area contributed by atoms with E-state index >= 15 is 0 Å². The van der Waals surface area contributed by atoms with Crippen LogP contribution in [0.1, 0.15) is 49.4 Å². The van der Waals surface area contributed by atoms with Gasteiger partial charge in [-0.05, 0) is 75.4 Å². The fourth-order valence-corrected chi connectivity index (χ4v) is 7.07. The van der Waals surface area contributed by atoms with Crippen molar-refractivity contribution in [2.75, 3.05) is 5.32 Å². The number of hydrogen-bond donors (Lipinski definition) is 1. The minimum absolute atomic E-state index is 0.166. The minimum atomic E-state index is -0.623. The molecule has 1 aliphatic heterocycles. The zero-order valence-electron chi connectivity index (χ0n) is 24.7. The first-order valence-corrected chi connectivity index (χ1v) is 15.6. The molecule has 0 radical (unpaired) electrons. The van der Waals surface area contributed by atoms with Crippen LogP contribution in [0.3, 0.4) is 0 Å². The van der Waals surface area contributed by atoms with E-state index in [1.165, 1.54) is 16.9 Å². The largest absolute Gasteiger partial charge is 0.322 e. The number of nitrogens with one attached hydrogen (secondary N) is 1. The standard InChI is InChI=1S/C38H31N3O2S/c1-23(2)25-17-19-26(20-18-25)35-34(36(42)40-29-13-5-4-6-14-29)24(3)39-38-41(35)37(43)33(44-38)22-32-30-15-9-7-11-27(30)21-28-12-8-10-16-31(28)32/h4-23,35H,1-3H3,(H,40,42)/b33-22-. The summed E-state index contributed by atoms with van der Waals surface area (Å²) >= 11 is 1.36. The molecule has 1 aromatic heterocycles. The molecule has 0 bridgehead atoms. The maximum atomic E-state index is 14.4. The van der Waals surface area contributed by atoms with Crippen molar-refractivity contribution in [1.82, 2.24) is 4.57 Å². The summed E-state index contributed by atoms with van der Waals surface area (Å²) in [6.07, 6.45) is 2.00. The zero-order valence-corrected chi connectivity index (χ0v) is 25.6. The Labute approximate surface area is 259 Å². The van der Waals surface area contributed by atoms with Crippen molar-refractivity contribution in [1.29, 1.82) is 0 Å². The lowest BCUT2D eigenvalue weighted by Gasteiger charge is -2.25. The molecule has 0 aliphatic carbocycles. The van der Waals surface area contributed by atoms with Crippen LogP contribution in [0.4, 0.5) is 5.69 Å². The Morgan fingerprint density at radius 3 is 2.11 bits per heavy atom. The number of fused-ring (bicyclic) bond motifs is 3. The summed E-state index contributed by atoms with van der Waals surface area (Å²) in [4.78, 5) is 33.7. The normalized spacial score (nSPS) is 15.1. The molecule has 5 nitrogen and oxygen atoms in total. The van der Waals surface area contributed by atoms with E-state index in [2.05, 4.69) is 61.6 Å². The van der Waals surface area contributed by atoms with Gasteiger partial charge in [0.25, 0.3) is 11.5 Å². The van der Waals surface area contributed by atoms with E-state index in [4.69, 9.17) is 4.99 Å². The number of benzene rings is 5. The molecule has 216 valence electrons. The number of carbonyl (C=O) groups excluding carboxylic acids is 1. The summed E-state index contributed by atoms with van der Waals surface area (Å²) < 4.78 is 2.27. The first-order valence-electron chi connectivity index (χ1n) is 14.8. The molecule has 1 aliphatic rings. The number of nitrogens with zero attached hydrogens (tertiary/aromatic N) is 2. The highest BCUT2D eigenvalue weighted by molar-refractivity contribution is 7.07. The van der Waals surface area contributed by atoms with Gasteiger partial charge in [0.2, 0.25) is 0 Å². The van der Waals surface area contributed by atoms with Crippen LogP contribution in [0, 0.1) is 0 Å². The topological polar surface area (TPSA) is 63.5 Å². The molecule has 5 aromatic carbocycles. The lowest BCUT2D eigenvalue weighted by Crippen LogP contribution is -2.40. The third-order valence-electron chi connectivity index (χ3n) is 8.31. The Morgan fingerprint density at radius 1 is 0.864 bits per heavy atom. The molecule has 0 fully saturated rings.